The number of carbonyl (C=O) groups is 1. The molecule has 2 heterocycles. The van der Waals surface area contributed by atoms with Crippen LogP contribution >= 0.6 is 22.9 Å². The number of thiophene rings is 1. The van der Waals surface area contributed by atoms with Gasteiger partial charge in [0.2, 0.25) is 5.89 Å². The Morgan fingerprint density at radius 1 is 1.07 bits per heavy atom. The Hall–Kier alpha value is -3.16. The number of hydrogen-bond acceptors (Lipinski definition) is 6. The first kappa shape index (κ1) is 18.2. The van der Waals surface area contributed by atoms with E-state index in [4.69, 9.17) is 20.8 Å². The molecule has 0 aliphatic carbocycles. The van der Waals surface area contributed by atoms with Gasteiger partial charge in [0.05, 0.1) is 5.56 Å². The molecule has 0 atom stereocenters. The molecule has 6 nitrogen and oxygen atoms in total. The van der Waals surface area contributed by atoms with Crippen LogP contribution in [0.25, 0.3) is 11.5 Å². The number of aromatic nitrogens is 2. The van der Waals surface area contributed by atoms with Crippen molar-refractivity contribution in [2.45, 2.75) is 6.61 Å². The molecule has 0 radical (unpaired) electrons. The zero-order chi connectivity index (χ0) is 19.3. The molecule has 2 aromatic heterocycles. The Labute approximate surface area is 169 Å². The summed E-state index contributed by atoms with van der Waals surface area (Å²) >= 11 is 7.36. The van der Waals surface area contributed by atoms with E-state index < -0.39 is 0 Å². The van der Waals surface area contributed by atoms with Gasteiger partial charge in [-0.25, -0.2) is 0 Å². The van der Waals surface area contributed by atoms with Gasteiger partial charge in [0, 0.05) is 21.7 Å². The molecule has 4 aromatic rings. The molecule has 8 heteroatoms. The van der Waals surface area contributed by atoms with Crippen LogP contribution in [-0.4, -0.2) is 16.1 Å². The van der Waals surface area contributed by atoms with Crippen LogP contribution in [0.3, 0.4) is 0 Å². The molecular formula is C20H14ClN3O3S. The van der Waals surface area contributed by atoms with Crippen molar-refractivity contribution in [2.75, 3.05) is 5.32 Å². The van der Waals surface area contributed by atoms with E-state index in [1.165, 1.54) is 11.3 Å². The van der Waals surface area contributed by atoms with Crippen molar-refractivity contribution in [2.24, 2.45) is 0 Å². The summed E-state index contributed by atoms with van der Waals surface area (Å²) in [7, 11) is 0. The summed E-state index contributed by atoms with van der Waals surface area (Å²) in [5, 5.41) is 15.1. The molecular weight excluding hydrogens is 398 g/mol. The van der Waals surface area contributed by atoms with Gasteiger partial charge >= 0.3 is 0 Å². The number of hydrogen-bond donors (Lipinski definition) is 1. The van der Waals surface area contributed by atoms with Crippen molar-refractivity contribution in [3.63, 3.8) is 0 Å². The summed E-state index contributed by atoms with van der Waals surface area (Å²) in [6.07, 6.45) is 0. The smallest absolute Gasteiger partial charge is 0.256 e. The van der Waals surface area contributed by atoms with Crippen molar-refractivity contribution in [3.05, 3.63) is 81.8 Å². The van der Waals surface area contributed by atoms with Gasteiger partial charge in [-0.05, 0) is 60.0 Å². The van der Waals surface area contributed by atoms with Crippen molar-refractivity contribution in [1.82, 2.24) is 10.2 Å². The van der Waals surface area contributed by atoms with Crippen LogP contribution in [-0.2, 0) is 6.61 Å². The van der Waals surface area contributed by atoms with E-state index in [0.717, 1.165) is 5.56 Å². The molecule has 0 aliphatic rings. The molecule has 2 aromatic carbocycles. The number of rotatable bonds is 6. The molecule has 4 rings (SSSR count). The molecule has 1 N–H and O–H groups in total. The molecule has 0 unspecified atom stereocenters. The van der Waals surface area contributed by atoms with Crippen molar-refractivity contribution < 1.29 is 13.9 Å². The highest BCUT2D eigenvalue weighted by Gasteiger charge is 2.10. The van der Waals surface area contributed by atoms with Gasteiger partial charge in [-0.3, -0.25) is 4.79 Å². The Bertz CT molecular complexity index is 1060. The quantitative estimate of drug-likeness (QED) is 0.467. The van der Waals surface area contributed by atoms with Crippen LogP contribution in [0.5, 0.6) is 5.75 Å². The highest BCUT2D eigenvalue weighted by atomic mass is 35.5. The highest BCUT2D eigenvalue weighted by molar-refractivity contribution is 7.08. The van der Waals surface area contributed by atoms with Crippen LogP contribution in [0, 0.1) is 0 Å². The normalized spacial score (nSPS) is 10.6. The van der Waals surface area contributed by atoms with Crippen molar-refractivity contribution in [1.29, 1.82) is 0 Å². The zero-order valence-corrected chi connectivity index (χ0v) is 16.0. The van der Waals surface area contributed by atoms with Gasteiger partial charge in [0.1, 0.15) is 5.75 Å². The molecule has 0 bridgehead atoms. The summed E-state index contributed by atoms with van der Waals surface area (Å²) in [4.78, 5) is 12.0. The zero-order valence-electron chi connectivity index (χ0n) is 14.5. The number of nitrogens with zero attached hydrogens (tertiary/aromatic N) is 2. The predicted molar refractivity (Wildman–Crippen MR) is 108 cm³/mol. The number of nitrogens with one attached hydrogen (secondary N) is 1. The van der Waals surface area contributed by atoms with Crippen LogP contribution in [0.4, 0.5) is 5.69 Å². The second-order valence-corrected chi connectivity index (χ2v) is 7.00. The minimum absolute atomic E-state index is 0.140. The summed E-state index contributed by atoms with van der Waals surface area (Å²) in [6, 6.07) is 16.0. The summed E-state index contributed by atoms with van der Waals surface area (Å²) in [6.45, 7) is 0.140. The lowest BCUT2D eigenvalue weighted by Crippen LogP contribution is -2.10. The van der Waals surface area contributed by atoms with E-state index in [1.807, 2.05) is 17.5 Å². The Balaban J connectivity index is 1.34. The first-order chi connectivity index (χ1) is 13.7. The average Bonchev–Trinajstić information content (AvgIpc) is 3.40. The lowest BCUT2D eigenvalue weighted by atomic mass is 10.2. The SMILES string of the molecule is O=C(Nc1ccc(OCc2nnc(-c3ccc(Cl)cc3)o2)cc1)c1ccsc1. The van der Waals surface area contributed by atoms with E-state index in [9.17, 15) is 4.79 Å². The second-order valence-electron chi connectivity index (χ2n) is 5.79. The van der Waals surface area contributed by atoms with E-state index in [0.29, 0.717) is 33.8 Å². The standard InChI is InChI=1S/C20H14ClN3O3S/c21-15-3-1-13(2-4-15)20-24-23-18(27-20)11-26-17-7-5-16(6-8-17)22-19(25)14-9-10-28-12-14/h1-10,12H,11H2,(H,22,25). The average molecular weight is 412 g/mol. The maximum atomic E-state index is 12.0. The van der Waals surface area contributed by atoms with Gasteiger partial charge in [0.15, 0.2) is 6.61 Å². The third-order valence-corrected chi connectivity index (χ3v) is 4.75. The number of anilines is 1. The second kappa shape index (κ2) is 8.24. The molecule has 1 amide bonds. The Morgan fingerprint density at radius 2 is 1.86 bits per heavy atom. The van der Waals surface area contributed by atoms with Gasteiger partial charge in [0.25, 0.3) is 11.8 Å². The fourth-order valence-electron chi connectivity index (χ4n) is 2.40. The minimum atomic E-state index is -0.143. The Morgan fingerprint density at radius 3 is 2.57 bits per heavy atom. The van der Waals surface area contributed by atoms with E-state index >= 15 is 0 Å². The molecule has 0 fully saturated rings. The molecule has 0 spiro atoms. The first-order valence-electron chi connectivity index (χ1n) is 8.32. The van der Waals surface area contributed by atoms with Gasteiger partial charge in [-0.1, -0.05) is 11.6 Å². The third-order valence-electron chi connectivity index (χ3n) is 3.82. The molecule has 0 saturated heterocycles. The van der Waals surface area contributed by atoms with E-state index in [-0.39, 0.29) is 12.5 Å². The summed E-state index contributed by atoms with van der Waals surface area (Å²) in [5.74, 6) is 1.25. The molecule has 0 aliphatic heterocycles. The number of amides is 1. The maximum Gasteiger partial charge on any atom is 0.256 e. The van der Waals surface area contributed by atoms with Crippen LogP contribution < -0.4 is 10.1 Å². The summed E-state index contributed by atoms with van der Waals surface area (Å²) < 4.78 is 11.3. The van der Waals surface area contributed by atoms with Crippen LogP contribution in [0.2, 0.25) is 5.02 Å². The number of ether oxygens (including phenoxy) is 1. The van der Waals surface area contributed by atoms with Gasteiger partial charge < -0.3 is 14.5 Å². The number of halogens is 1. The first-order valence-corrected chi connectivity index (χ1v) is 9.64. The van der Waals surface area contributed by atoms with Crippen molar-refractivity contribution >= 4 is 34.5 Å². The molecule has 28 heavy (non-hydrogen) atoms. The predicted octanol–water partition coefficient (Wildman–Crippen LogP) is 5.28. The van der Waals surface area contributed by atoms with Crippen LogP contribution in [0.1, 0.15) is 16.2 Å². The monoisotopic (exact) mass is 411 g/mol. The number of carbonyl (C=O) groups excluding carboxylic acids is 1. The number of benzene rings is 2. The van der Waals surface area contributed by atoms with Crippen molar-refractivity contribution in [3.8, 4) is 17.2 Å². The lowest BCUT2D eigenvalue weighted by Gasteiger charge is -2.06. The largest absolute Gasteiger partial charge is 0.484 e. The molecule has 0 saturated carbocycles. The van der Waals surface area contributed by atoms with Crippen LogP contribution in [0.15, 0.2) is 69.8 Å². The maximum absolute atomic E-state index is 12.0. The third kappa shape index (κ3) is 4.39. The fourth-order valence-corrected chi connectivity index (χ4v) is 3.16. The lowest BCUT2D eigenvalue weighted by molar-refractivity contribution is 0.102. The fraction of sp³-hybridized carbons (Fsp3) is 0.0500. The van der Waals surface area contributed by atoms with Gasteiger partial charge in [-0.15, -0.1) is 10.2 Å². The summed E-state index contributed by atoms with van der Waals surface area (Å²) in [5.41, 5.74) is 2.11. The minimum Gasteiger partial charge on any atom is -0.484 e. The molecule has 140 valence electrons. The van der Waals surface area contributed by atoms with Gasteiger partial charge in [-0.2, -0.15) is 11.3 Å². The van der Waals surface area contributed by atoms with E-state index in [1.54, 1.807) is 47.8 Å². The van der Waals surface area contributed by atoms with E-state index in [2.05, 4.69) is 15.5 Å². The highest BCUT2D eigenvalue weighted by Crippen LogP contribution is 2.22. The topological polar surface area (TPSA) is 77.2 Å². The Kier molecular flexibility index (Phi) is 5.36.